The number of rotatable bonds is 7. The molecule has 0 aliphatic carbocycles. The Morgan fingerprint density at radius 1 is 1.06 bits per heavy atom. The second-order valence-corrected chi connectivity index (χ2v) is 11.0. The molecule has 2 aliphatic heterocycles. The number of sulfone groups is 1. The van der Waals surface area contributed by atoms with Crippen molar-refractivity contribution in [1.82, 2.24) is 24.8 Å². The van der Waals surface area contributed by atoms with Crippen molar-refractivity contribution in [3.05, 3.63) is 54.6 Å². The Balaban J connectivity index is 1.24. The summed E-state index contributed by atoms with van der Waals surface area (Å²) in [5.74, 6) is 1.80. The lowest BCUT2D eigenvalue weighted by atomic mass is 9.78. The summed E-state index contributed by atoms with van der Waals surface area (Å²) in [5, 5.41) is 6.13. The Hall–Kier alpha value is -3.15. The Labute approximate surface area is 198 Å². The Morgan fingerprint density at radius 3 is 2.53 bits per heavy atom. The SMILES string of the molecule is CC(c1ccc(Nc2cc(Nc3ncccc3S(C)(=O)=O)ncn2)nc1)N1CC2(CCOC2)C1. The molecule has 3 aromatic heterocycles. The van der Waals surface area contributed by atoms with Gasteiger partial charge in [0.05, 0.1) is 6.61 Å². The molecule has 0 aromatic carbocycles. The van der Waals surface area contributed by atoms with E-state index in [2.05, 4.69) is 48.5 Å². The summed E-state index contributed by atoms with van der Waals surface area (Å²) < 4.78 is 29.6. The van der Waals surface area contributed by atoms with E-state index >= 15 is 0 Å². The molecule has 1 spiro atoms. The van der Waals surface area contributed by atoms with E-state index in [9.17, 15) is 8.42 Å². The van der Waals surface area contributed by atoms with Crippen molar-refractivity contribution in [1.29, 1.82) is 0 Å². The molecule has 2 aliphatic rings. The monoisotopic (exact) mass is 481 g/mol. The topological polar surface area (TPSA) is 122 Å². The molecule has 0 bridgehead atoms. The number of aromatic nitrogens is 4. The highest BCUT2D eigenvalue weighted by atomic mass is 32.2. The van der Waals surface area contributed by atoms with Crippen LogP contribution in [0.2, 0.25) is 0 Å². The second kappa shape index (κ2) is 8.90. The molecular weight excluding hydrogens is 454 g/mol. The van der Waals surface area contributed by atoms with E-state index in [0.29, 0.717) is 28.9 Å². The molecule has 3 aromatic rings. The minimum absolute atomic E-state index is 0.100. The minimum atomic E-state index is -3.44. The first-order chi connectivity index (χ1) is 16.3. The molecule has 5 rings (SSSR count). The zero-order valence-corrected chi connectivity index (χ0v) is 19.9. The smallest absolute Gasteiger partial charge is 0.179 e. The molecule has 0 amide bonds. The molecule has 5 heterocycles. The van der Waals surface area contributed by atoms with Gasteiger partial charge < -0.3 is 15.4 Å². The average Bonchev–Trinajstić information content (AvgIpc) is 3.29. The highest BCUT2D eigenvalue weighted by Crippen LogP contribution is 2.42. The first kappa shape index (κ1) is 22.6. The highest BCUT2D eigenvalue weighted by Gasteiger charge is 2.47. The molecule has 11 heteroatoms. The minimum Gasteiger partial charge on any atom is -0.381 e. The van der Waals surface area contributed by atoms with E-state index in [1.54, 1.807) is 12.1 Å². The molecule has 1 unspecified atom stereocenters. The van der Waals surface area contributed by atoms with E-state index in [1.807, 2.05) is 12.3 Å². The summed E-state index contributed by atoms with van der Waals surface area (Å²) in [6, 6.07) is 9.04. The molecule has 0 radical (unpaired) electrons. The van der Waals surface area contributed by atoms with Crippen LogP contribution < -0.4 is 10.6 Å². The number of anilines is 4. The molecule has 2 saturated heterocycles. The fourth-order valence-corrected chi connectivity index (χ4v) is 5.24. The first-order valence-electron chi connectivity index (χ1n) is 11.1. The van der Waals surface area contributed by atoms with Crippen LogP contribution in [0, 0.1) is 5.41 Å². The van der Waals surface area contributed by atoms with Crippen molar-refractivity contribution in [2.24, 2.45) is 5.41 Å². The van der Waals surface area contributed by atoms with Gasteiger partial charge >= 0.3 is 0 Å². The number of nitrogens with one attached hydrogen (secondary N) is 2. The zero-order chi connectivity index (χ0) is 23.8. The van der Waals surface area contributed by atoms with Crippen molar-refractivity contribution in [3.8, 4) is 0 Å². The number of hydrogen-bond acceptors (Lipinski definition) is 10. The largest absolute Gasteiger partial charge is 0.381 e. The number of nitrogens with zero attached hydrogens (tertiary/aromatic N) is 5. The van der Waals surface area contributed by atoms with Gasteiger partial charge in [-0.2, -0.15) is 0 Å². The van der Waals surface area contributed by atoms with Crippen molar-refractivity contribution in [3.63, 3.8) is 0 Å². The van der Waals surface area contributed by atoms with Gasteiger partial charge in [0.1, 0.15) is 34.5 Å². The van der Waals surface area contributed by atoms with E-state index < -0.39 is 9.84 Å². The van der Waals surface area contributed by atoms with Crippen LogP contribution >= 0.6 is 0 Å². The fraction of sp³-hybridized carbons (Fsp3) is 0.391. The third-order valence-corrected chi connectivity index (χ3v) is 7.55. The van der Waals surface area contributed by atoms with Crippen LogP contribution in [0.25, 0.3) is 0 Å². The number of likely N-dealkylation sites (tertiary alicyclic amines) is 1. The van der Waals surface area contributed by atoms with Crippen molar-refractivity contribution < 1.29 is 13.2 Å². The van der Waals surface area contributed by atoms with Gasteiger partial charge in [0.25, 0.3) is 0 Å². The summed E-state index contributed by atoms with van der Waals surface area (Å²) in [4.78, 5) is 19.7. The van der Waals surface area contributed by atoms with Crippen LogP contribution in [0.5, 0.6) is 0 Å². The van der Waals surface area contributed by atoms with Crippen LogP contribution in [0.3, 0.4) is 0 Å². The summed E-state index contributed by atoms with van der Waals surface area (Å²) >= 11 is 0. The van der Waals surface area contributed by atoms with E-state index in [4.69, 9.17) is 4.74 Å². The summed E-state index contributed by atoms with van der Waals surface area (Å²) in [7, 11) is -3.44. The van der Waals surface area contributed by atoms with E-state index in [0.717, 1.165) is 44.5 Å². The van der Waals surface area contributed by atoms with Gasteiger partial charge in [0.15, 0.2) is 9.84 Å². The van der Waals surface area contributed by atoms with Gasteiger partial charge in [-0.05, 0) is 37.1 Å². The van der Waals surface area contributed by atoms with Crippen LogP contribution in [-0.4, -0.2) is 65.8 Å². The predicted molar refractivity (Wildman–Crippen MR) is 128 cm³/mol. The lowest BCUT2D eigenvalue weighted by Gasteiger charge is -2.50. The van der Waals surface area contributed by atoms with E-state index in [-0.39, 0.29) is 10.7 Å². The maximum atomic E-state index is 12.0. The van der Waals surface area contributed by atoms with E-state index in [1.165, 1.54) is 18.6 Å². The Morgan fingerprint density at radius 2 is 1.85 bits per heavy atom. The third-order valence-electron chi connectivity index (χ3n) is 6.42. The quantitative estimate of drug-likeness (QED) is 0.521. The Kier molecular flexibility index (Phi) is 5.92. The van der Waals surface area contributed by atoms with Crippen molar-refractivity contribution in [2.45, 2.75) is 24.3 Å². The molecule has 1 atom stereocenters. The van der Waals surface area contributed by atoms with Gasteiger partial charge in [0, 0.05) is 55.9 Å². The number of ether oxygens (including phenoxy) is 1. The molecule has 34 heavy (non-hydrogen) atoms. The highest BCUT2D eigenvalue weighted by molar-refractivity contribution is 7.90. The van der Waals surface area contributed by atoms with Crippen molar-refractivity contribution >= 4 is 33.1 Å². The maximum absolute atomic E-state index is 12.0. The number of pyridine rings is 2. The van der Waals surface area contributed by atoms with Gasteiger partial charge in [-0.25, -0.2) is 28.4 Å². The van der Waals surface area contributed by atoms with Gasteiger partial charge in [-0.1, -0.05) is 6.07 Å². The van der Waals surface area contributed by atoms with Gasteiger partial charge in [-0.3, -0.25) is 4.90 Å². The Bertz CT molecular complexity index is 1270. The second-order valence-electron chi connectivity index (χ2n) is 9.02. The summed E-state index contributed by atoms with van der Waals surface area (Å²) in [5.41, 5.74) is 1.52. The molecule has 10 nitrogen and oxygen atoms in total. The van der Waals surface area contributed by atoms with Gasteiger partial charge in [0.2, 0.25) is 0 Å². The molecule has 2 fully saturated rings. The number of hydrogen-bond donors (Lipinski definition) is 2. The van der Waals surface area contributed by atoms with Crippen molar-refractivity contribution in [2.75, 3.05) is 43.2 Å². The van der Waals surface area contributed by atoms with Crippen LogP contribution in [0.1, 0.15) is 24.9 Å². The lowest BCUT2D eigenvalue weighted by molar-refractivity contribution is -0.0320. The lowest BCUT2D eigenvalue weighted by Crippen LogP contribution is -2.57. The van der Waals surface area contributed by atoms with Crippen LogP contribution in [-0.2, 0) is 14.6 Å². The predicted octanol–water partition coefficient (Wildman–Crippen LogP) is 2.94. The molecule has 2 N–H and O–H groups in total. The molecule has 0 saturated carbocycles. The summed E-state index contributed by atoms with van der Waals surface area (Å²) in [6.07, 6.45) is 7.09. The normalized spacial score (nSPS) is 18.4. The fourth-order valence-electron chi connectivity index (χ4n) is 4.46. The standard InChI is InChI=1S/C23H27N7O3S/c1-16(30-12-23(13-30)7-9-33-14-23)17-5-6-19(25-11-17)28-20-10-21(27-15-26-20)29-22-18(34(2,31)32)4-3-8-24-22/h3-6,8,10-11,15-16H,7,9,12-14H2,1-2H3,(H2,24,25,26,27,28,29). The van der Waals surface area contributed by atoms with Gasteiger partial charge in [-0.15, -0.1) is 0 Å². The van der Waals surface area contributed by atoms with Crippen LogP contribution in [0.15, 0.2) is 53.9 Å². The maximum Gasteiger partial charge on any atom is 0.179 e. The zero-order valence-electron chi connectivity index (χ0n) is 19.1. The van der Waals surface area contributed by atoms with Crippen LogP contribution in [0.4, 0.5) is 23.3 Å². The molecule has 178 valence electrons. The average molecular weight is 482 g/mol. The molecular formula is C23H27N7O3S. The first-order valence-corrected chi connectivity index (χ1v) is 13.0. The summed E-state index contributed by atoms with van der Waals surface area (Å²) in [6.45, 7) is 6.11. The third kappa shape index (κ3) is 4.72.